The average molecular weight is 364 g/mol. The van der Waals surface area contributed by atoms with Gasteiger partial charge in [-0.3, -0.25) is 9.69 Å². The lowest BCUT2D eigenvalue weighted by atomic mass is 10.2. The summed E-state index contributed by atoms with van der Waals surface area (Å²) in [5.41, 5.74) is -0.850. The van der Waals surface area contributed by atoms with E-state index >= 15 is 0 Å². The number of benzene rings is 1. The maximum absolute atomic E-state index is 12.8. The number of alkyl halides is 3. The van der Waals surface area contributed by atoms with Gasteiger partial charge in [-0.2, -0.15) is 13.2 Å². The van der Waals surface area contributed by atoms with E-state index in [2.05, 4.69) is 17.1 Å². The maximum atomic E-state index is 12.8. The van der Waals surface area contributed by atoms with Crippen molar-refractivity contribution >= 4 is 23.2 Å². The highest BCUT2D eigenvalue weighted by Crippen LogP contribution is 2.36. The van der Waals surface area contributed by atoms with Crippen LogP contribution in [-0.4, -0.2) is 55.0 Å². The van der Waals surface area contributed by atoms with Crippen LogP contribution in [0.1, 0.15) is 18.9 Å². The second-order valence-corrected chi connectivity index (χ2v) is 6.27. The third-order valence-corrected chi connectivity index (χ3v) is 4.26. The van der Waals surface area contributed by atoms with Crippen LogP contribution in [0.3, 0.4) is 0 Å². The smallest absolute Gasteiger partial charge is 0.325 e. The highest BCUT2D eigenvalue weighted by atomic mass is 35.5. The van der Waals surface area contributed by atoms with Crippen molar-refractivity contribution in [1.82, 2.24) is 9.80 Å². The summed E-state index contributed by atoms with van der Waals surface area (Å²) < 4.78 is 38.5. The number of rotatable bonds is 5. The van der Waals surface area contributed by atoms with Crippen LogP contribution in [-0.2, 0) is 11.0 Å². The first-order valence-electron chi connectivity index (χ1n) is 7.91. The molecule has 0 spiro atoms. The summed E-state index contributed by atoms with van der Waals surface area (Å²) in [4.78, 5) is 16.4. The van der Waals surface area contributed by atoms with Crippen molar-refractivity contribution in [3.05, 3.63) is 28.8 Å². The molecule has 0 atom stereocenters. The first-order valence-corrected chi connectivity index (χ1v) is 8.28. The lowest BCUT2D eigenvalue weighted by Crippen LogP contribution is -2.48. The molecule has 0 radical (unpaired) electrons. The minimum absolute atomic E-state index is 0.0985. The van der Waals surface area contributed by atoms with Gasteiger partial charge in [0.2, 0.25) is 5.91 Å². The molecule has 1 aliphatic rings. The molecule has 2 rings (SSSR count). The largest absolute Gasteiger partial charge is 0.417 e. The molecule has 134 valence electrons. The zero-order valence-electron chi connectivity index (χ0n) is 13.5. The minimum Gasteiger partial charge on any atom is -0.325 e. The first-order chi connectivity index (χ1) is 11.3. The number of halogens is 4. The van der Waals surface area contributed by atoms with Crippen molar-refractivity contribution in [2.45, 2.75) is 19.5 Å². The molecule has 0 unspecified atom stereocenters. The molecule has 1 aliphatic heterocycles. The molecular weight excluding hydrogens is 343 g/mol. The van der Waals surface area contributed by atoms with Crippen molar-refractivity contribution < 1.29 is 18.0 Å². The number of nitrogens with zero attached hydrogens (tertiary/aromatic N) is 2. The van der Waals surface area contributed by atoms with Crippen LogP contribution in [0.4, 0.5) is 18.9 Å². The molecule has 1 amide bonds. The highest BCUT2D eigenvalue weighted by molar-refractivity contribution is 6.31. The Morgan fingerprint density at radius 3 is 2.42 bits per heavy atom. The summed E-state index contributed by atoms with van der Waals surface area (Å²) >= 11 is 5.57. The van der Waals surface area contributed by atoms with E-state index in [1.807, 2.05) is 4.90 Å². The van der Waals surface area contributed by atoms with Crippen LogP contribution in [0.5, 0.6) is 0 Å². The molecule has 0 aromatic heterocycles. The monoisotopic (exact) mass is 363 g/mol. The van der Waals surface area contributed by atoms with E-state index in [9.17, 15) is 18.0 Å². The third kappa shape index (κ3) is 5.36. The number of piperazine rings is 1. The maximum Gasteiger partial charge on any atom is 0.417 e. The van der Waals surface area contributed by atoms with Crippen molar-refractivity contribution in [1.29, 1.82) is 0 Å². The van der Waals surface area contributed by atoms with E-state index in [1.54, 1.807) is 0 Å². The number of hydrogen-bond acceptors (Lipinski definition) is 3. The van der Waals surface area contributed by atoms with Crippen LogP contribution in [0.25, 0.3) is 0 Å². The van der Waals surface area contributed by atoms with Gasteiger partial charge in [0.05, 0.1) is 17.1 Å². The first kappa shape index (κ1) is 19.0. The van der Waals surface area contributed by atoms with E-state index < -0.39 is 11.7 Å². The molecule has 0 bridgehead atoms. The van der Waals surface area contributed by atoms with Gasteiger partial charge in [-0.15, -0.1) is 0 Å². The Kier molecular flexibility index (Phi) is 6.48. The second-order valence-electron chi connectivity index (χ2n) is 5.86. The fraction of sp³-hybridized carbons (Fsp3) is 0.562. The molecular formula is C16H21ClF3N3O. The standard InChI is InChI=1S/C16H21ClF3N3O/c1-2-5-22-6-8-23(9-7-22)11-15(24)21-12-3-4-14(17)13(10-12)16(18,19)20/h3-4,10H,2,5-9,11H2,1H3,(H,21,24). The van der Waals surface area contributed by atoms with Gasteiger partial charge in [0.15, 0.2) is 0 Å². The molecule has 1 saturated heterocycles. The Morgan fingerprint density at radius 2 is 1.83 bits per heavy atom. The summed E-state index contributed by atoms with van der Waals surface area (Å²) in [6.45, 7) is 6.71. The second kappa shape index (κ2) is 8.18. The SMILES string of the molecule is CCCN1CCN(CC(=O)Nc2ccc(Cl)c(C(F)(F)F)c2)CC1. The fourth-order valence-corrected chi connectivity index (χ4v) is 2.94. The number of carbonyl (C=O) groups excluding carboxylic acids is 1. The summed E-state index contributed by atoms with van der Waals surface area (Å²) in [5, 5.41) is 2.13. The molecule has 4 nitrogen and oxygen atoms in total. The van der Waals surface area contributed by atoms with Crippen molar-refractivity contribution in [2.75, 3.05) is 44.6 Å². The average Bonchev–Trinajstić information content (AvgIpc) is 2.50. The summed E-state index contributed by atoms with van der Waals surface area (Å²) in [6.07, 6.45) is -3.45. The predicted molar refractivity (Wildman–Crippen MR) is 88.3 cm³/mol. The van der Waals surface area contributed by atoms with E-state index in [4.69, 9.17) is 11.6 Å². The Morgan fingerprint density at radius 1 is 1.21 bits per heavy atom. The van der Waals surface area contributed by atoms with E-state index in [-0.39, 0.29) is 23.2 Å². The minimum atomic E-state index is -4.55. The number of amides is 1. The predicted octanol–water partition coefficient (Wildman–Crippen LogP) is 3.32. The highest BCUT2D eigenvalue weighted by Gasteiger charge is 2.33. The Hall–Kier alpha value is -1.31. The summed E-state index contributed by atoms with van der Waals surface area (Å²) in [6, 6.07) is 3.37. The van der Waals surface area contributed by atoms with Crippen molar-refractivity contribution in [3.8, 4) is 0 Å². The zero-order valence-corrected chi connectivity index (χ0v) is 14.3. The topological polar surface area (TPSA) is 35.6 Å². The van der Waals surface area contributed by atoms with E-state index in [0.29, 0.717) is 0 Å². The number of carbonyl (C=O) groups is 1. The van der Waals surface area contributed by atoms with Crippen LogP contribution in [0, 0.1) is 0 Å². The van der Waals surface area contributed by atoms with Gasteiger partial charge < -0.3 is 10.2 Å². The number of anilines is 1. The van der Waals surface area contributed by atoms with Gasteiger partial charge >= 0.3 is 6.18 Å². The fourth-order valence-electron chi connectivity index (χ4n) is 2.71. The van der Waals surface area contributed by atoms with Crippen LogP contribution < -0.4 is 5.32 Å². The quantitative estimate of drug-likeness (QED) is 0.871. The van der Waals surface area contributed by atoms with E-state index in [0.717, 1.165) is 51.3 Å². The lowest BCUT2D eigenvalue weighted by Gasteiger charge is -2.34. The Bertz CT molecular complexity index is 572. The molecule has 8 heteroatoms. The van der Waals surface area contributed by atoms with Gasteiger partial charge in [-0.25, -0.2) is 0 Å². The molecule has 0 saturated carbocycles. The zero-order chi connectivity index (χ0) is 17.7. The van der Waals surface area contributed by atoms with Crippen molar-refractivity contribution in [2.24, 2.45) is 0 Å². The molecule has 1 N–H and O–H groups in total. The Labute approximate surface area is 144 Å². The molecule has 1 heterocycles. The van der Waals surface area contributed by atoms with Gasteiger partial charge in [-0.1, -0.05) is 18.5 Å². The molecule has 0 aliphatic carbocycles. The summed E-state index contributed by atoms with van der Waals surface area (Å²) in [7, 11) is 0. The molecule has 1 fully saturated rings. The van der Waals surface area contributed by atoms with Gasteiger partial charge in [0.1, 0.15) is 0 Å². The number of nitrogens with one attached hydrogen (secondary N) is 1. The van der Waals surface area contributed by atoms with Gasteiger partial charge in [0, 0.05) is 31.9 Å². The molecule has 1 aromatic rings. The van der Waals surface area contributed by atoms with Crippen molar-refractivity contribution in [3.63, 3.8) is 0 Å². The van der Waals surface area contributed by atoms with Crippen LogP contribution in [0.2, 0.25) is 5.02 Å². The third-order valence-electron chi connectivity index (χ3n) is 3.93. The molecule has 1 aromatic carbocycles. The Balaban J connectivity index is 1.89. The van der Waals surface area contributed by atoms with Crippen LogP contribution >= 0.6 is 11.6 Å². The normalized spacial score (nSPS) is 17.0. The van der Waals surface area contributed by atoms with Gasteiger partial charge in [-0.05, 0) is 31.2 Å². The van der Waals surface area contributed by atoms with Gasteiger partial charge in [0.25, 0.3) is 0 Å². The molecule has 24 heavy (non-hydrogen) atoms. The van der Waals surface area contributed by atoms with E-state index in [1.165, 1.54) is 6.07 Å². The van der Waals surface area contributed by atoms with Crippen LogP contribution in [0.15, 0.2) is 18.2 Å². The summed E-state index contributed by atoms with van der Waals surface area (Å²) in [5.74, 6) is -0.325. The lowest BCUT2D eigenvalue weighted by molar-refractivity contribution is -0.137. The number of hydrogen-bond donors (Lipinski definition) is 1.